The predicted molar refractivity (Wildman–Crippen MR) is 111 cm³/mol. The van der Waals surface area contributed by atoms with E-state index in [0.717, 1.165) is 11.5 Å². The van der Waals surface area contributed by atoms with Gasteiger partial charge in [-0.15, -0.1) is 0 Å². The lowest BCUT2D eigenvalue weighted by Gasteiger charge is -2.14. The van der Waals surface area contributed by atoms with E-state index in [2.05, 4.69) is 12.2 Å². The number of aldehydes is 1. The monoisotopic (exact) mass is 449 g/mol. The van der Waals surface area contributed by atoms with Crippen molar-refractivity contribution >= 4 is 52.7 Å². The molecule has 2 aromatic carbocycles. The maximum Gasteiger partial charge on any atom is 0.153 e. The average Bonchev–Trinajstić information content (AvgIpc) is 3.45. The van der Waals surface area contributed by atoms with Crippen LogP contribution in [0.5, 0.6) is 11.5 Å². The lowest BCUT2D eigenvalue weighted by atomic mass is 10.1. The van der Waals surface area contributed by atoms with Gasteiger partial charge in [0.1, 0.15) is 11.5 Å². The van der Waals surface area contributed by atoms with Gasteiger partial charge in [-0.05, 0) is 49.9 Å². The third kappa shape index (κ3) is 6.44. The predicted octanol–water partition coefficient (Wildman–Crippen LogP) is 6.10. The van der Waals surface area contributed by atoms with Crippen molar-refractivity contribution in [1.82, 2.24) is 5.32 Å². The van der Waals surface area contributed by atoms with Gasteiger partial charge in [0.15, 0.2) is 6.29 Å². The normalized spacial score (nSPS) is 14.3. The van der Waals surface area contributed by atoms with E-state index in [1.165, 1.54) is 25.0 Å². The van der Waals surface area contributed by atoms with Crippen LogP contribution in [0.15, 0.2) is 24.3 Å². The van der Waals surface area contributed by atoms with Gasteiger partial charge in [0, 0.05) is 28.2 Å². The molecule has 3 N–H and O–H groups in total. The molecule has 0 unspecified atom stereocenters. The van der Waals surface area contributed by atoms with Crippen molar-refractivity contribution < 1.29 is 15.0 Å². The Balaban J connectivity index is 0.000000208. The molecule has 1 fully saturated rings. The summed E-state index contributed by atoms with van der Waals surface area (Å²) in [6, 6.07) is 6.49. The molecule has 8 heteroatoms. The smallest absolute Gasteiger partial charge is 0.153 e. The molecule has 0 radical (unpaired) electrons. The number of phenols is 2. The highest BCUT2D eigenvalue weighted by atomic mass is 35.5. The first kappa shape index (κ1) is 22.1. The van der Waals surface area contributed by atoms with Gasteiger partial charge in [-0.3, -0.25) is 4.79 Å². The fourth-order valence-electron chi connectivity index (χ4n) is 2.46. The summed E-state index contributed by atoms with van der Waals surface area (Å²) in [5, 5.41) is 23.5. The van der Waals surface area contributed by atoms with Crippen LogP contribution < -0.4 is 5.32 Å². The van der Waals surface area contributed by atoms with E-state index in [0.29, 0.717) is 33.9 Å². The Labute approximate surface area is 178 Å². The molecular weight excluding hydrogens is 432 g/mol. The van der Waals surface area contributed by atoms with Crippen molar-refractivity contribution in [1.29, 1.82) is 0 Å². The summed E-state index contributed by atoms with van der Waals surface area (Å²) in [5.41, 5.74) is 0.854. The highest BCUT2D eigenvalue weighted by Crippen LogP contribution is 2.34. The Bertz CT molecular complexity index is 825. The Morgan fingerprint density at radius 1 is 1.04 bits per heavy atom. The number of hydrogen-bond acceptors (Lipinski definition) is 4. The number of rotatable bonds is 5. The van der Waals surface area contributed by atoms with Gasteiger partial charge in [-0.1, -0.05) is 46.4 Å². The zero-order valence-electron chi connectivity index (χ0n) is 14.5. The molecule has 0 bridgehead atoms. The molecule has 0 aromatic heterocycles. The first-order chi connectivity index (χ1) is 12.7. The number of carbonyl (C=O) groups excluding carboxylic acids is 1. The Hall–Kier alpha value is -1.17. The van der Waals surface area contributed by atoms with Crippen molar-refractivity contribution in [2.75, 3.05) is 0 Å². The molecule has 1 atom stereocenters. The number of carbonyl (C=O) groups is 1. The molecule has 1 aliphatic rings. The molecule has 27 heavy (non-hydrogen) atoms. The third-order valence-electron chi connectivity index (χ3n) is 4.24. The van der Waals surface area contributed by atoms with Crippen LogP contribution in [0.3, 0.4) is 0 Å². The molecule has 146 valence electrons. The van der Waals surface area contributed by atoms with Crippen molar-refractivity contribution in [3.05, 3.63) is 55.5 Å². The molecule has 0 heterocycles. The lowest BCUT2D eigenvalue weighted by Crippen LogP contribution is -2.27. The van der Waals surface area contributed by atoms with Crippen LogP contribution >= 0.6 is 46.4 Å². The summed E-state index contributed by atoms with van der Waals surface area (Å²) >= 11 is 22.8. The largest absolute Gasteiger partial charge is 0.506 e. The third-order valence-corrected chi connectivity index (χ3v) is 5.25. The lowest BCUT2D eigenvalue weighted by molar-refractivity contribution is 0.112. The van der Waals surface area contributed by atoms with E-state index in [4.69, 9.17) is 51.5 Å². The van der Waals surface area contributed by atoms with Gasteiger partial charge >= 0.3 is 0 Å². The van der Waals surface area contributed by atoms with Crippen LogP contribution in [0.1, 0.15) is 35.7 Å². The van der Waals surface area contributed by atoms with Gasteiger partial charge in [0.25, 0.3) is 0 Å². The SMILES string of the molecule is C[C@H](NCc1cc(Cl)cc(Cl)c1O)C1CC1.O=Cc1cc(Cl)cc(Cl)c1O. The molecule has 2 aromatic rings. The summed E-state index contributed by atoms with van der Waals surface area (Å²) in [5.74, 6) is 0.685. The Morgan fingerprint density at radius 2 is 1.59 bits per heavy atom. The summed E-state index contributed by atoms with van der Waals surface area (Å²) in [4.78, 5) is 10.3. The number of benzene rings is 2. The van der Waals surface area contributed by atoms with Crippen LogP contribution in [0.25, 0.3) is 0 Å². The number of phenolic OH excluding ortho intramolecular Hbond substituents is 2. The Kier molecular flexibility index (Phi) is 8.07. The molecular formula is C19H19Cl4NO3. The molecule has 1 aliphatic carbocycles. The number of hydrogen-bond donors (Lipinski definition) is 3. The minimum Gasteiger partial charge on any atom is -0.506 e. The molecule has 0 spiro atoms. The van der Waals surface area contributed by atoms with Crippen LogP contribution in [0.2, 0.25) is 20.1 Å². The molecule has 0 amide bonds. The fourth-order valence-corrected chi connectivity index (χ4v) is 3.51. The second kappa shape index (κ2) is 9.85. The maximum atomic E-state index is 10.3. The average molecular weight is 451 g/mol. The zero-order valence-corrected chi connectivity index (χ0v) is 17.5. The first-order valence-corrected chi connectivity index (χ1v) is 9.77. The fraction of sp³-hybridized carbons (Fsp3) is 0.316. The van der Waals surface area contributed by atoms with Crippen molar-refractivity contribution in [2.24, 2.45) is 5.92 Å². The summed E-state index contributed by atoms with van der Waals surface area (Å²) in [6.07, 6.45) is 3.10. The number of nitrogens with one attached hydrogen (secondary N) is 1. The van der Waals surface area contributed by atoms with Crippen LogP contribution in [0.4, 0.5) is 0 Å². The van der Waals surface area contributed by atoms with Gasteiger partial charge < -0.3 is 15.5 Å². The minimum absolute atomic E-state index is 0.0830. The van der Waals surface area contributed by atoms with Crippen LogP contribution in [0, 0.1) is 5.92 Å². The minimum atomic E-state index is -0.230. The highest BCUT2D eigenvalue weighted by molar-refractivity contribution is 6.36. The van der Waals surface area contributed by atoms with E-state index >= 15 is 0 Å². The summed E-state index contributed by atoms with van der Waals surface area (Å²) in [7, 11) is 0. The maximum absolute atomic E-state index is 10.3. The van der Waals surface area contributed by atoms with Crippen LogP contribution in [-0.4, -0.2) is 22.5 Å². The van der Waals surface area contributed by atoms with Crippen molar-refractivity contribution in [3.8, 4) is 11.5 Å². The standard InChI is InChI=1S/C12H15Cl2NO.C7H4Cl2O2/c1-7(8-2-3-8)15-6-9-4-10(13)5-11(14)12(9)16;8-5-1-4(3-10)7(11)6(9)2-5/h4-5,7-8,15-16H,2-3,6H2,1H3;1-3,11H/t7-;/m0./s1. The van der Waals surface area contributed by atoms with E-state index in [1.54, 1.807) is 12.1 Å². The zero-order chi connectivity index (χ0) is 20.1. The van der Waals surface area contributed by atoms with Gasteiger partial charge in [0.2, 0.25) is 0 Å². The Morgan fingerprint density at radius 3 is 2.15 bits per heavy atom. The summed E-state index contributed by atoms with van der Waals surface area (Å²) < 4.78 is 0. The van der Waals surface area contributed by atoms with Crippen molar-refractivity contribution in [2.45, 2.75) is 32.4 Å². The van der Waals surface area contributed by atoms with Crippen molar-refractivity contribution in [3.63, 3.8) is 0 Å². The van der Waals surface area contributed by atoms with E-state index in [-0.39, 0.29) is 22.1 Å². The second-order valence-corrected chi connectivity index (χ2v) is 8.03. The molecule has 1 saturated carbocycles. The van der Waals surface area contributed by atoms with E-state index < -0.39 is 0 Å². The van der Waals surface area contributed by atoms with E-state index in [1.807, 2.05) is 0 Å². The quantitative estimate of drug-likeness (QED) is 0.481. The van der Waals surface area contributed by atoms with Gasteiger partial charge in [0.05, 0.1) is 15.6 Å². The number of halogens is 4. The summed E-state index contributed by atoms with van der Waals surface area (Å²) in [6.45, 7) is 2.77. The molecule has 4 nitrogen and oxygen atoms in total. The van der Waals surface area contributed by atoms with Gasteiger partial charge in [-0.25, -0.2) is 0 Å². The second-order valence-electron chi connectivity index (χ2n) is 6.35. The molecule has 0 aliphatic heterocycles. The van der Waals surface area contributed by atoms with Crippen LogP contribution in [-0.2, 0) is 6.54 Å². The highest BCUT2D eigenvalue weighted by Gasteiger charge is 2.27. The molecule has 0 saturated heterocycles. The van der Waals surface area contributed by atoms with Gasteiger partial charge in [-0.2, -0.15) is 0 Å². The molecule has 3 rings (SSSR count). The number of aromatic hydroxyl groups is 2. The van der Waals surface area contributed by atoms with E-state index in [9.17, 15) is 9.90 Å². The first-order valence-electron chi connectivity index (χ1n) is 8.26. The topological polar surface area (TPSA) is 69.6 Å².